The Morgan fingerprint density at radius 3 is 2.68 bits per heavy atom. The predicted molar refractivity (Wildman–Crippen MR) is 128 cm³/mol. The van der Waals surface area contributed by atoms with Crippen LogP contribution in [0, 0.1) is 5.82 Å². The van der Waals surface area contributed by atoms with E-state index in [0.717, 1.165) is 0 Å². The van der Waals surface area contributed by atoms with Crippen LogP contribution in [-0.2, 0) is 11.3 Å². The van der Waals surface area contributed by atoms with Crippen molar-refractivity contribution in [3.63, 3.8) is 0 Å². The highest BCUT2D eigenvalue weighted by atomic mass is 35.5. The minimum Gasteiger partial charge on any atom is -0.352 e. The van der Waals surface area contributed by atoms with E-state index in [2.05, 4.69) is 15.3 Å². The number of carbonyl (C=O) groups is 2. The van der Waals surface area contributed by atoms with Crippen LogP contribution in [0.1, 0.15) is 24.2 Å². The van der Waals surface area contributed by atoms with Gasteiger partial charge in [-0.3, -0.25) is 19.0 Å². The lowest BCUT2D eigenvalue weighted by Crippen LogP contribution is -2.37. The number of rotatable bonds is 6. The molecular weight excluding hydrogens is 459 g/mol. The van der Waals surface area contributed by atoms with Crippen molar-refractivity contribution in [1.82, 2.24) is 19.9 Å². The highest BCUT2D eigenvalue weighted by Crippen LogP contribution is 2.26. The molecule has 34 heavy (non-hydrogen) atoms. The Labute approximate surface area is 199 Å². The van der Waals surface area contributed by atoms with Gasteiger partial charge in [0.05, 0.1) is 5.39 Å². The summed E-state index contributed by atoms with van der Waals surface area (Å²) in [5.74, 6) is -0.699. The molecule has 0 atom stereocenters. The van der Waals surface area contributed by atoms with Crippen LogP contribution in [0.25, 0.3) is 33.5 Å². The first kappa shape index (κ1) is 23.3. The second-order valence-corrected chi connectivity index (χ2v) is 8.45. The summed E-state index contributed by atoms with van der Waals surface area (Å²) in [7, 11) is 0. The number of aromatic nitrogens is 3. The number of nitrogens with one attached hydrogen (secondary N) is 1. The molecule has 0 bridgehead atoms. The molecule has 0 spiro atoms. The molecule has 2 aromatic heterocycles. The van der Waals surface area contributed by atoms with E-state index in [1.54, 1.807) is 24.3 Å². The summed E-state index contributed by atoms with van der Waals surface area (Å²) < 4.78 is 15.7. The van der Waals surface area contributed by atoms with Gasteiger partial charge in [0.1, 0.15) is 24.5 Å². The molecule has 7 nitrogen and oxygen atoms in total. The third-order valence-electron chi connectivity index (χ3n) is 5.08. The standard InChI is InChI=1S/C25H20ClFN4O3/c1-14(2)29-22(33)12-31-24(16-4-3-5-18(26)9-16)30-23-20(25(31)34)10-17(11-28-23)19-8-15(13-32)6-7-21(19)27/h3-11,13-14H,12H2,1-2H3,(H,29,33). The molecule has 0 radical (unpaired) electrons. The van der Waals surface area contributed by atoms with Gasteiger partial charge >= 0.3 is 0 Å². The van der Waals surface area contributed by atoms with E-state index in [0.29, 0.717) is 22.4 Å². The molecular formula is C25H20ClFN4O3. The van der Waals surface area contributed by atoms with Crippen molar-refractivity contribution in [2.24, 2.45) is 0 Å². The van der Waals surface area contributed by atoms with Crippen LogP contribution < -0.4 is 10.9 Å². The van der Waals surface area contributed by atoms with Crippen LogP contribution in [0.3, 0.4) is 0 Å². The fraction of sp³-hybridized carbons (Fsp3) is 0.160. The van der Waals surface area contributed by atoms with Gasteiger partial charge in [-0.15, -0.1) is 0 Å². The predicted octanol–water partition coefficient (Wildman–Crippen LogP) is 4.26. The Kier molecular flexibility index (Phi) is 6.51. The van der Waals surface area contributed by atoms with Crippen LogP contribution in [-0.4, -0.2) is 32.8 Å². The number of benzene rings is 2. The molecule has 0 aliphatic heterocycles. The van der Waals surface area contributed by atoms with E-state index in [4.69, 9.17) is 11.6 Å². The average molecular weight is 479 g/mol. The third kappa shape index (κ3) is 4.72. The van der Waals surface area contributed by atoms with Crippen LogP contribution in [0.15, 0.2) is 59.5 Å². The van der Waals surface area contributed by atoms with Crippen molar-refractivity contribution < 1.29 is 14.0 Å². The normalized spacial score (nSPS) is 11.1. The molecule has 2 aromatic carbocycles. The summed E-state index contributed by atoms with van der Waals surface area (Å²) in [5.41, 5.74) is 0.882. The van der Waals surface area contributed by atoms with E-state index < -0.39 is 11.4 Å². The molecule has 1 N–H and O–H groups in total. The molecule has 2 heterocycles. The van der Waals surface area contributed by atoms with Crippen molar-refractivity contribution in [3.05, 3.63) is 81.5 Å². The molecule has 0 saturated carbocycles. The van der Waals surface area contributed by atoms with Gasteiger partial charge in [-0.2, -0.15) is 0 Å². The summed E-state index contributed by atoms with van der Waals surface area (Å²) in [4.78, 5) is 46.0. The summed E-state index contributed by atoms with van der Waals surface area (Å²) >= 11 is 6.14. The first-order chi connectivity index (χ1) is 16.3. The zero-order valence-electron chi connectivity index (χ0n) is 18.4. The SMILES string of the molecule is CC(C)NC(=O)Cn1c(-c2cccc(Cl)c2)nc2ncc(-c3cc(C=O)ccc3F)cc2c1=O. The van der Waals surface area contributed by atoms with Gasteiger partial charge in [0.25, 0.3) is 5.56 Å². The van der Waals surface area contributed by atoms with Gasteiger partial charge in [0.15, 0.2) is 5.65 Å². The highest BCUT2D eigenvalue weighted by Gasteiger charge is 2.18. The molecule has 172 valence electrons. The quantitative estimate of drug-likeness (QED) is 0.418. The summed E-state index contributed by atoms with van der Waals surface area (Å²) in [6.45, 7) is 3.35. The van der Waals surface area contributed by atoms with Crippen molar-refractivity contribution in [2.75, 3.05) is 0 Å². The molecule has 0 aliphatic carbocycles. The third-order valence-corrected chi connectivity index (χ3v) is 5.32. The molecule has 1 amide bonds. The summed E-state index contributed by atoms with van der Waals surface area (Å²) in [6, 6.07) is 12.0. The van der Waals surface area contributed by atoms with Gasteiger partial charge in [-0.25, -0.2) is 14.4 Å². The van der Waals surface area contributed by atoms with Gasteiger partial charge in [-0.1, -0.05) is 23.7 Å². The maximum Gasteiger partial charge on any atom is 0.263 e. The van der Waals surface area contributed by atoms with Crippen LogP contribution in [0.2, 0.25) is 5.02 Å². The maximum absolute atomic E-state index is 14.5. The largest absolute Gasteiger partial charge is 0.352 e. The lowest BCUT2D eigenvalue weighted by molar-refractivity contribution is -0.122. The molecule has 4 rings (SSSR count). The van der Waals surface area contributed by atoms with Crippen molar-refractivity contribution >= 4 is 34.8 Å². The number of amides is 1. The molecule has 0 saturated heterocycles. The zero-order valence-corrected chi connectivity index (χ0v) is 19.1. The Morgan fingerprint density at radius 1 is 1.18 bits per heavy atom. The number of hydrogen-bond donors (Lipinski definition) is 1. The minimum absolute atomic E-state index is 0.108. The monoisotopic (exact) mass is 478 g/mol. The summed E-state index contributed by atoms with van der Waals surface area (Å²) in [6.07, 6.45) is 2.00. The molecule has 0 unspecified atom stereocenters. The maximum atomic E-state index is 14.5. The first-order valence-corrected chi connectivity index (χ1v) is 10.9. The van der Waals surface area contributed by atoms with E-state index in [1.165, 1.54) is 35.0 Å². The van der Waals surface area contributed by atoms with Gasteiger partial charge in [-0.05, 0) is 50.2 Å². The molecule has 9 heteroatoms. The second kappa shape index (κ2) is 9.52. The van der Waals surface area contributed by atoms with E-state index in [1.807, 2.05) is 13.8 Å². The van der Waals surface area contributed by atoms with Crippen LogP contribution >= 0.6 is 11.6 Å². The van der Waals surface area contributed by atoms with E-state index in [9.17, 15) is 18.8 Å². The topological polar surface area (TPSA) is 93.9 Å². The Balaban J connectivity index is 1.94. The van der Waals surface area contributed by atoms with Crippen molar-refractivity contribution in [3.8, 4) is 22.5 Å². The fourth-order valence-corrected chi connectivity index (χ4v) is 3.79. The number of halogens is 2. The minimum atomic E-state index is -0.563. The van der Waals surface area contributed by atoms with Crippen molar-refractivity contribution in [1.29, 1.82) is 0 Å². The summed E-state index contributed by atoms with van der Waals surface area (Å²) in [5, 5.41) is 3.31. The van der Waals surface area contributed by atoms with E-state index in [-0.39, 0.29) is 46.5 Å². The zero-order chi connectivity index (χ0) is 24.4. The lowest BCUT2D eigenvalue weighted by Gasteiger charge is -2.15. The highest BCUT2D eigenvalue weighted by molar-refractivity contribution is 6.30. The van der Waals surface area contributed by atoms with Gasteiger partial charge in [0.2, 0.25) is 5.91 Å². The lowest BCUT2D eigenvalue weighted by atomic mass is 10.0. The number of nitrogens with zero attached hydrogens (tertiary/aromatic N) is 3. The van der Waals surface area contributed by atoms with Crippen molar-refractivity contribution in [2.45, 2.75) is 26.4 Å². The van der Waals surface area contributed by atoms with Gasteiger partial charge in [0, 0.05) is 39.5 Å². The number of fused-ring (bicyclic) bond motifs is 1. The van der Waals surface area contributed by atoms with Crippen LogP contribution in [0.4, 0.5) is 4.39 Å². The average Bonchev–Trinajstić information content (AvgIpc) is 2.80. The second-order valence-electron chi connectivity index (χ2n) is 8.01. The molecule has 0 fully saturated rings. The number of aldehydes is 1. The Hall–Kier alpha value is -3.91. The Bertz CT molecular complexity index is 1480. The Morgan fingerprint density at radius 2 is 1.97 bits per heavy atom. The molecule has 0 aliphatic rings. The fourth-order valence-electron chi connectivity index (χ4n) is 3.60. The number of carbonyl (C=O) groups excluding carboxylic acids is 2. The molecule has 4 aromatic rings. The number of pyridine rings is 1. The smallest absolute Gasteiger partial charge is 0.263 e. The first-order valence-electron chi connectivity index (χ1n) is 10.5. The van der Waals surface area contributed by atoms with Gasteiger partial charge < -0.3 is 5.32 Å². The van der Waals surface area contributed by atoms with E-state index >= 15 is 0 Å². The number of hydrogen-bond acceptors (Lipinski definition) is 5. The van der Waals surface area contributed by atoms with Crippen LogP contribution in [0.5, 0.6) is 0 Å².